The summed E-state index contributed by atoms with van der Waals surface area (Å²) in [4.78, 5) is 22.6. The van der Waals surface area contributed by atoms with Gasteiger partial charge in [-0.15, -0.1) is 0 Å². The number of para-hydroxylation sites is 1. The fourth-order valence-corrected chi connectivity index (χ4v) is 2.29. The molecule has 0 aliphatic carbocycles. The lowest BCUT2D eigenvalue weighted by molar-refractivity contribution is -0.159. The van der Waals surface area contributed by atoms with Crippen molar-refractivity contribution < 1.29 is 24.9 Å². The maximum Gasteiger partial charge on any atom is 0.414 e. The first-order chi connectivity index (χ1) is 12.9. The number of anilines is 1. The van der Waals surface area contributed by atoms with E-state index in [9.17, 15) is 5.11 Å². The first-order valence-corrected chi connectivity index (χ1v) is 7.94. The summed E-state index contributed by atoms with van der Waals surface area (Å²) in [6.07, 6.45) is 1.85. The largest absolute Gasteiger partial charge is 0.508 e. The van der Waals surface area contributed by atoms with Crippen molar-refractivity contribution in [3.8, 4) is 17.0 Å². The van der Waals surface area contributed by atoms with Crippen LogP contribution in [0.4, 0.5) is 5.95 Å². The molecular weight excluding hydrogens is 350 g/mol. The number of imidazole rings is 1. The highest BCUT2D eigenvalue weighted by atomic mass is 16.4. The number of rotatable bonds is 4. The Morgan fingerprint density at radius 1 is 1.00 bits per heavy atom. The van der Waals surface area contributed by atoms with Crippen LogP contribution in [0.2, 0.25) is 0 Å². The lowest BCUT2D eigenvalue weighted by Crippen LogP contribution is -2.09. The number of hydrogen-bond donors (Lipinski definition) is 4. The minimum absolute atomic E-state index is 0.294. The number of phenolic OH excluding ortho intramolecular Hbond substituents is 1. The van der Waals surface area contributed by atoms with E-state index in [1.54, 1.807) is 6.07 Å². The third-order valence-electron chi connectivity index (χ3n) is 3.67. The van der Waals surface area contributed by atoms with Gasteiger partial charge in [0, 0.05) is 19.2 Å². The number of carbonyl (C=O) groups is 2. The highest BCUT2D eigenvalue weighted by Gasteiger charge is 2.08. The number of benzene rings is 2. The van der Waals surface area contributed by atoms with E-state index in [0.29, 0.717) is 12.3 Å². The summed E-state index contributed by atoms with van der Waals surface area (Å²) in [6.45, 7) is 0.533. The standard InChI is InChI=1S/C17H17N3O.C2H2O4/c1-20-15(13-7-3-2-4-8-13)12-19-17(20)18-11-14-9-5-6-10-16(14)21;3-1(4)2(5)6/h2-10,12,21H,11H2,1H3,(H,18,19);(H,3,4)(H,5,6). The second-order valence-electron chi connectivity index (χ2n) is 5.48. The predicted octanol–water partition coefficient (Wildman–Crippen LogP) is 2.56. The van der Waals surface area contributed by atoms with Crippen LogP contribution < -0.4 is 5.32 Å². The molecule has 1 aromatic heterocycles. The Morgan fingerprint density at radius 3 is 2.19 bits per heavy atom. The van der Waals surface area contributed by atoms with Gasteiger partial charge < -0.3 is 25.2 Å². The quantitative estimate of drug-likeness (QED) is 0.521. The van der Waals surface area contributed by atoms with Crippen LogP contribution in [-0.4, -0.2) is 36.8 Å². The van der Waals surface area contributed by atoms with E-state index in [-0.39, 0.29) is 0 Å². The number of carboxylic acids is 2. The van der Waals surface area contributed by atoms with Crippen molar-refractivity contribution in [1.29, 1.82) is 0 Å². The van der Waals surface area contributed by atoms with Gasteiger partial charge in [0.25, 0.3) is 0 Å². The zero-order chi connectivity index (χ0) is 19.8. The zero-order valence-corrected chi connectivity index (χ0v) is 14.5. The Bertz CT molecular complexity index is 910. The maximum atomic E-state index is 9.77. The number of aromatic nitrogens is 2. The molecular formula is C19H19N3O5. The minimum atomic E-state index is -1.82. The molecule has 0 aliphatic rings. The first kappa shape index (κ1) is 19.5. The Balaban J connectivity index is 0.000000380. The van der Waals surface area contributed by atoms with Gasteiger partial charge in [-0.2, -0.15) is 0 Å². The van der Waals surface area contributed by atoms with E-state index in [1.807, 2.05) is 54.2 Å². The van der Waals surface area contributed by atoms with Crippen LogP contribution in [0, 0.1) is 0 Å². The van der Waals surface area contributed by atoms with Gasteiger partial charge >= 0.3 is 11.9 Å². The number of hydrogen-bond acceptors (Lipinski definition) is 5. The van der Waals surface area contributed by atoms with Gasteiger partial charge in [0.15, 0.2) is 0 Å². The normalized spacial score (nSPS) is 9.81. The van der Waals surface area contributed by atoms with Gasteiger partial charge in [0.05, 0.1) is 11.9 Å². The molecule has 0 unspecified atom stereocenters. The Hall–Kier alpha value is -3.81. The Morgan fingerprint density at radius 2 is 1.59 bits per heavy atom. The number of nitrogens with one attached hydrogen (secondary N) is 1. The highest BCUT2D eigenvalue weighted by molar-refractivity contribution is 6.27. The van der Waals surface area contributed by atoms with E-state index < -0.39 is 11.9 Å². The number of nitrogens with zero attached hydrogens (tertiary/aromatic N) is 2. The van der Waals surface area contributed by atoms with E-state index in [1.165, 1.54) is 0 Å². The van der Waals surface area contributed by atoms with Crippen molar-refractivity contribution in [3.63, 3.8) is 0 Å². The number of carboxylic acid groups (broad SMARTS) is 2. The van der Waals surface area contributed by atoms with E-state index in [2.05, 4.69) is 22.4 Å². The summed E-state index contributed by atoms with van der Waals surface area (Å²) >= 11 is 0. The van der Waals surface area contributed by atoms with Crippen LogP contribution in [0.25, 0.3) is 11.3 Å². The van der Waals surface area contributed by atoms with Crippen LogP contribution in [0.3, 0.4) is 0 Å². The fraction of sp³-hybridized carbons (Fsp3) is 0.105. The molecule has 8 nitrogen and oxygen atoms in total. The summed E-state index contributed by atoms with van der Waals surface area (Å²) < 4.78 is 2.01. The zero-order valence-electron chi connectivity index (χ0n) is 14.5. The fourth-order valence-electron chi connectivity index (χ4n) is 2.29. The van der Waals surface area contributed by atoms with Gasteiger partial charge in [0.1, 0.15) is 5.75 Å². The molecule has 0 spiro atoms. The van der Waals surface area contributed by atoms with Crippen molar-refractivity contribution >= 4 is 17.9 Å². The van der Waals surface area contributed by atoms with E-state index in [0.717, 1.165) is 22.8 Å². The smallest absolute Gasteiger partial charge is 0.414 e. The summed E-state index contributed by atoms with van der Waals surface area (Å²) in [7, 11) is 1.97. The molecule has 8 heteroatoms. The molecule has 0 radical (unpaired) electrons. The molecule has 0 bridgehead atoms. The third-order valence-corrected chi connectivity index (χ3v) is 3.67. The average Bonchev–Trinajstić information content (AvgIpc) is 3.03. The van der Waals surface area contributed by atoms with Crippen LogP contribution in [0.5, 0.6) is 5.75 Å². The molecule has 1 heterocycles. The Kier molecular flexibility index (Phi) is 6.54. The molecule has 0 saturated carbocycles. The lowest BCUT2D eigenvalue weighted by atomic mass is 10.2. The van der Waals surface area contributed by atoms with Gasteiger partial charge in [-0.25, -0.2) is 14.6 Å². The molecule has 27 heavy (non-hydrogen) atoms. The molecule has 3 rings (SSSR count). The second-order valence-corrected chi connectivity index (χ2v) is 5.48. The summed E-state index contributed by atoms with van der Waals surface area (Å²) in [6, 6.07) is 17.4. The maximum absolute atomic E-state index is 9.77. The summed E-state index contributed by atoms with van der Waals surface area (Å²) in [5.74, 6) is -2.58. The predicted molar refractivity (Wildman–Crippen MR) is 99.3 cm³/mol. The third kappa shape index (κ3) is 5.33. The molecule has 4 N–H and O–H groups in total. The van der Waals surface area contributed by atoms with Gasteiger partial charge in [-0.05, 0) is 11.6 Å². The van der Waals surface area contributed by atoms with Gasteiger partial charge in [-0.1, -0.05) is 48.5 Å². The lowest BCUT2D eigenvalue weighted by Gasteiger charge is -2.09. The molecule has 3 aromatic rings. The van der Waals surface area contributed by atoms with Gasteiger partial charge in [-0.3, -0.25) is 0 Å². The molecule has 2 aromatic carbocycles. The van der Waals surface area contributed by atoms with Crippen molar-refractivity contribution in [2.75, 3.05) is 5.32 Å². The van der Waals surface area contributed by atoms with E-state index in [4.69, 9.17) is 19.8 Å². The molecule has 0 saturated heterocycles. The van der Waals surface area contributed by atoms with Crippen LogP contribution in [0.1, 0.15) is 5.56 Å². The minimum Gasteiger partial charge on any atom is -0.508 e. The molecule has 0 amide bonds. The molecule has 0 atom stereocenters. The first-order valence-electron chi connectivity index (χ1n) is 7.94. The molecule has 0 fully saturated rings. The van der Waals surface area contributed by atoms with E-state index >= 15 is 0 Å². The second kappa shape index (κ2) is 9.04. The van der Waals surface area contributed by atoms with Crippen LogP contribution in [-0.2, 0) is 23.2 Å². The topological polar surface area (TPSA) is 125 Å². The molecule has 140 valence electrons. The van der Waals surface area contributed by atoms with Gasteiger partial charge in [0.2, 0.25) is 5.95 Å². The monoisotopic (exact) mass is 369 g/mol. The molecule has 0 aliphatic heterocycles. The number of aromatic hydroxyl groups is 1. The van der Waals surface area contributed by atoms with Crippen LogP contribution in [0.15, 0.2) is 60.8 Å². The van der Waals surface area contributed by atoms with Crippen molar-refractivity contribution in [2.45, 2.75) is 6.54 Å². The highest BCUT2D eigenvalue weighted by Crippen LogP contribution is 2.22. The van der Waals surface area contributed by atoms with Crippen LogP contribution >= 0.6 is 0 Å². The van der Waals surface area contributed by atoms with Crippen molar-refractivity contribution in [1.82, 2.24) is 9.55 Å². The number of aliphatic carboxylic acids is 2. The summed E-state index contributed by atoms with van der Waals surface area (Å²) in [5.41, 5.74) is 3.03. The number of phenols is 1. The summed E-state index contributed by atoms with van der Waals surface area (Å²) in [5, 5.41) is 27.8. The SMILES string of the molecule is Cn1c(-c2ccccc2)cnc1NCc1ccccc1O.O=C(O)C(=O)O. The Labute approximate surface area is 155 Å². The van der Waals surface area contributed by atoms with Crippen molar-refractivity contribution in [3.05, 3.63) is 66.4 Å². The van der Waals surface area contributed by atoms with Crippen molar-refractivity contribution in [2.24, 2.45) is 7.05 Å². The average molecular weight is 369 g/mol.